The Morgan fingerprint density at radius 3 is 2.58 bits per heavy atom. The molecule has 1 amide bonds. The first-order chi connectivity index (χ1) is 12.7. The van der Waals surface area contributed by atoms with Gasteiger partial charge in [-0.2, -0.15) is 0 Å². The fourth-order valence-electron chi connectivity index (χ4n) is 3.20. The zero-order valence-corrected chi connectivity index (χ0v) is 16.6. The quantitative estimate of drug-likeness (QED) is 0.268. The Morgan fingerprint density at radius 2 is 1.85 bits per heavy atom. The Bertz CT molecular complexity index is 723. The van der Waals surface area contributed by atoms with E-state index in [0.717, 1.165) is 39.9 Å². The second kappa shape index (κ2) is 11.1. The molecule has 2 rings (SSSR count). The summed E-state index contributed by atoms with van der Waals surface area (Å²) in [5.74, 6) is 0.0696. The number of fused-ring (bicyclic) bond motifs is 1. The number of carbonyl (C=O) groups excluding carboxylic acids is 1. The number of rotatable bonds is 12. The number of aromatic nitrogens is 1. The molecule has 0 atom stereocenters. The number of hydrogen-bond acceptors (Lipinski definition) is 3. The molecule has 0 saturated carbocycles. The minimum Gasteiger partial charge on any atom is -0.361 e. The van der Waals surface area contributed by atoms with Crippen LogP contribution in [0.1, 0.15) is 70.3 Å². The molecule has 1 aromatic carbocycles. The summed E-state index contributed by atoms with van der Waals surface area (Å²) in [5, 5.41) is 4.10. The highest BCUT2D eigenvalue weighted by Gasteiger charge is 2.11. The molecule has 0 spiro atoms. The first-order valence-corrected chi connectivity index (χ1v) is 10.2. The van der Waals surface area contributed by atoms with Gasteiger partial charge in [0.1, 0.15) is 0 Å². The Morgan fingerprint density at radius 1 is 1.12 bits per heavy atom. The van der Waals surface area contributed by atoms with E-state index in [1.165, 1.54) is 32.1 Å². The predicted octanol–water partition coefficient (Wildman–Crippen LogP) is 5.31. The van der Waals surface area contributed by atoms with E-state index in [1.54, 1.807) is 0 Å². The Labute approximate surface area is 161 Å². The van der Waals surface area contributed by atoms with Gasteiger partial charge in [0.25, 0.3) is 0 Å². The Kier molecular flexibility index (Phi) is 8.78. The Hall–Kier alpha value is -1.72. The highest BCUT2D eigenvalue weighted by molar-refractivity contribution is 7.80. The van der Waals surface area contributed by atoms with Gasteiger partial charge in [0, 0.05) is 34.1 Å². The van der Waals surface area contributed by atoms with E-state index in [0.29, 0.717) is 19.4 Å². The molecular weight excluding hydrogens is 342 g/mol. The molecular formula is C21H31N3OS. The highest BCUT2D eigenvalue weighted by atomic mass is 32.1. The highest BCUT2D eigenvalue weighted by Crippen LogP contribution is 2.25. The Balaban J connectivity index is 1.89. The molecule has 1 aromatic heterocycles. The summed E-state index contributed by atoms with van der Waals surface area (Å²) in [6.45, 7) is 2.75. The second-order valence-corrected chi connectivity index (χ2v) is 7.34. The van der Waals surface area contributed by atoms with Crippen molar-refractivity contribution < 1.29 is 4.79 Å². The van der Waals surface area contributed by atoms with Crippen LogP contribution in [0.2, 0.25) is 0 Å². The van der Waals surface area contributed by atoms with Crippen LogP contribution in [0.5, 0.6) is 0 Å². The van der Waals surface area contributed by atoms with Crippen LogP contribution in [0.25, 0.3) is 10.9 Å². The van der Waals surface area contributed by atoms with Gasteiger partial charge in [-0.15, -0.1) is 0 Å². The SMILES string of the molecule is CCCCCCCCCC(=O)Nc1cc(C(=S)CCN)c2cc[nH]c2c1. The molecule has 1 heterocycles. The first kappa shape index (κ1) is 20.6. The van der Waals surface area contributed by atoms with Crippen molar-refractivity contribution in [2.45, 2.75) is 64.7 Å². The van der Waals surface area contributed by atoms with E-state index in [1.807, 2.05) is 24.4 Å². The van der Waals surface area contributed by atoms with Crippen molar-refractivity contribution in [1.82, 2.24) is 4.98 Å². The van der Waals surface area contributed by atoms with Crippen LogP contribution in [0.4, 0.5) is 5.69 Å². The normalized spacial score (nSPS) is 11.0. The molecule has 0 aliphatic rings. The van der Waals surface area contributed by atoms with Crippen molar-refractivity contribution in [2.24, 2.45) is 5.73 Å². The van der Waals surface area contributed by atoms with Crippen molar-refractivity contribution in [2.75, 3.05) is 11.9 Å². The summed E-state index contributed by atoms with van der Waals surface area (Å²) in [4.78, 5) is 16.3. The summed E-state index contributed by atoms with van der Waals surface area (Å²) < 4.78 is 0. The molecule has 0 radical (unpaired) electrons. The average molecular weight is 374 g/mol. The molecule has 0 bridgehead atoms. The van der Waals surface area contributed by atoms with Crippen molar-refractivity contribution in [3.8, 4) is 0 Å². The number of anilines is 1. The number of benzene rings is 1. The third kappa shape index (κ3) is 6.22. The summed E-state index contributed by atoms with van der Waals surface area (Å²) in [6, 6.07) is 5.95. The maximum atomic E-state index is 12.3. The maximum absolute atomic E-state index is 12.3. The van der Waals surface area contributed by atoms with Crippen LogP contribution in [-0.2, 0) is 4.79 Å². The van der Waals surface area contributed by atoms with Crippen LogP contribution in [0.3, 0.4) is 0 Å². The lowest BCUT2D eigenvalue weighted by Gasteiger charge is -2.10. The third-order valence-corrected chi connectivity index (χ3v) is 5.06. The number of hydrogen-bond donors (Lipinski definition) is 3. The van der Waals surface area contributed by atoms with E-state index in [4.69, 9.17) is 18.0 Å². The second-order valence-electron chi connectivity index (χ2n) is 6.84. The van der Waals surface area contributed by atoms with Crippen LogP contribution in [0, 0.1) is 0 Å². The largest absolute Gasteiger partial charge is 0.361 e. The summed E-state index contributed by atoms with van der Waals surface area (Å²) in [7, 11) is 0. The number of nitrogens with one attached hydrogen (secondary N) is 2. The molecule has 0 aliphatic heterocycles. The van der Waals surface area contributed by atoms with E-state index >= 15 is 0 Å². The molecule has 0 unspecified atom stereocenters. The van der Waals surface area contributed by atoms with Crippen LogP contribution in [-0.4, -0.2) is 22.3 Å². The molecule has 0 aliphatic carbocycles. The van der Waals surface area contributed by atoms with E-state index in [9.17, 15) is 4.79 Å². The topological polar surface area (TPSA) is 70.9 Å². The molecule has 4 nitrogen and oxygen atoms in total. The van der Waals surface area contributed by atoms with E-state index in [-0.39, 0.29) is 5.91 Å². The third-order valence-electron chi connectivity index (χ3n) is 4.63. The van der Waals surface area contributed by atoms with Gasteiger partial charge < -0.3 is 16.0 Å². The zero-order valence-electron chi connectivity index (χ0n) is 15.8. The van der Waals surface area contributed by atoms with Crippen molar-refractivity contribution in [3.63, 3.8) is 0 Å². The standard InChI is InChI=1S/C21H31N3OS/c1-2-3-4-5-6-7-8-9-21(25)24-16-14-18(20(26)10-12-22)17-11-13-23-19(17)15-16/h11,13-15,23H,2-10,12,22H2,1H3,(H,24,25). The first-order valence-electron chi connectivity index (χ1n) is 9.80. The molecule has 0 fully saturated rings. The predicted molar refractivity (Wildman–Crippen MR) is 115 cm³/mol. The van der Waals surface area contributed by atoms with Gasteiger partial charge in [-0.3, -0.25) is 4.79 Å². The van der Waals surface area contributed by atoms with Crippen molar-refractivity contribution >= 4 is 39.6 Å². The molecule has 2 aromatic rings. The monoisotopic (exact) mass is 373 g/mol. The molecule has 5 heteroatoms. The number of carbonyl (C=O) groups is 1. The number of aromatic amines is 1. The zero-order chi connectivity index (χ0) is 18.8. The summed E-state index contributed by atoms with van der Waals surface area (Å²) >= 11 is 5.51. The van der Waals surface area contributed by atoms with E-state index in [2.05, 4.69) is 17.2 Å². The fourth-order valence-corrected chi connectivity index (χ4v) is 3.49. The lowest BCUT2D eigenvalue weighted by atomic mass is 10.0. The fraction of sp³-hybridized carbons (Fsp3) is 0.524. The summed E-state index contributed by atoms with van der Waals surface area (Å²) in [5.41, 5.74) is 8.40. The molecule has 26 heavy (non-hydrogen) atoms. The van der Waals surface area contributed by atoms with Gasteiger partial charge in [0.15, 0.2) is 0 Å². The number of thiocarbonyl (C=S) groups is 1. The number of H-pyrrole nitrogens is 1. The molecule has 142 valence electrons. The average Bonchev–Trinajstić information content (AvgIpc) is 3.09. The van der Waals surface area contributed by atoms with Crippen LogP contribution < -0.4 is 11.1 Å². The smallest absolute Gasteiger partial charge is 0.224 e. The van der Waals surface area contributed by atoms with Gasteiger partial charge in [-0.25, -0.2) is 0 Å². The lowest BCUT2D eigenvalue weighted by Crippen LogP contribution is -2.12. The van der Waals surface area contributed by atoms with Gasteiger partial charge >= 0.3 is 0 Å². The maximum Gasteiger partial charge on any atom is 0.224 e. The van der Waals surface area contributed by atoms with Crippen LogP contribution in [0.15, 0.2) is 24.4 Å². The molecule has 4 N–H and O–H groups in total. The minimum atomic E-state index is 0.0696. The van der Waals surface area contributed by atoms with Gasteiger partial charge in [0.05, 0.1) is 0 Å². The number of unbranched alkanes of at least 4 members (excludes halogenated alkanes) is 6. The number of nitrogens with two attached hydrogens (primary N) is 1. The van der Waals surface area contributed by atoms with Crippen molar-refractivity contribution in [3.05, 3.63) is 30.0 Å². The number of amides is 1. The van der Waals surface area contributed by atoms with Gasteiger partial charge in [-0.05, 0) is 43.1 Å². The summed E-state index contributed by atoms with van der Waals surface area (Å²) in [6.07, 6.45) is 11.6. The minimum absolute atomic E-state index is 0.0696. The lowest BCUT2D eigenvalue weighted by molar-refractivity contribution is -0.116. The van der Waals surface area contributed by atoms with Gasteiger partial charge in [-0.1, -0.05) is 57.7 Å². The van der Waals surface area contributed by atoms with Crippen LogP contribution >= 0.6 is 12.2 Å². The van der Waals surface area contributed by atoms with E-state index < -0.39 is 0 Å². The molecule has 0 saturated heterocycles. The van der Waals surface area contributed by atoms with Gasteiger partial charge in [0.2, 0.25) is 5.91 Å². The van der Waals surface area contributed by atoms with Crippen molar-refractivity contribution in [1.29, 1.82) is 0 Å².